The topological polar surface area (TPSA) is 102 Å². The number of rotatable bonds is 2. The normalized spacial score (nSPS) is 10.9. The maximum absolute atomic E-state index is 11.4. The first-order chi connectivity index (χ1) is 8.74. The van der Waals surface area contributed by atoms with Crippen LogP contribution in [0.25, 0.3) is 5.65 Å². The molecule has 0 saturated heterocycles. The number of nitrogens with one attached hydrogen (secondary N) is 1. The molecule has 0 aliphatic carbocycles. The van der Waals surface area contributed by atoms with Crippen molar-refractivity contribution in [1.82, 2.24) is 24.8 Å². The fourth-order valence-electron chi connectivity index (χ4n) is 1.43. The summed E-state index contributed by atoms with van der Waals surface area (Å²) < 4.78 is 1.20. The molecule has 0 aromatic carbocycles. The smallest absolute Gasteiger partial charge is 0.364 e. The van der Waals surface area contributed by atoms with Crippen LogP contribution in [0, 0.1) is 0 Å². The van der Waals surface area contributed by atoms with E-state index in [1.54, 1.807) is 30.5 Å². The Morgan fingerprint density at radius 1 is 1.33 bits per heavy atom. The van der Waals surface area contributed by atoms with Crippen molar-refractivity contribution in [3.63, 3.8) is 0 Å². The van der Waals surface area contributed by atoms with Gasteiger partial charge in [0.1, 0.15) is 10.1 Å². The Morgan fingerprint density at radius 2 is 2.22 bits per heavy atom. The lowest BCUT2D eigenvalue weighted by atomic mass is 10.4. The molecule has 0 atom stereocenters. The van der Waals surface area contributed by atoms with Crippen molar-refractivity contribution < 1.29 is 0 Å². The van der Waals surface area contributed by atoms with E-state index in [1.807, 2.05) is 0 Å². The molecule has 0 radical (unpaired) electrons. The van der Waals surface area contributed by atoms with Crippen LogP contribution in [0.2, 0.25) is 0 Å². The number of nitrogens with zero attached hydrogens (tertiary/aromatic N) is 4. The Bertz CT molecular complexity index is 764. The average Bonchev–Trinajstić information content (AvgIpc) is 2.74. The first-order valence-electron chi connectivity index (χ1n) is 5.07. The first-order valence-corrected chi connectivity index (χ1v) is 5.88. The molecule has 0 aliphatic rings. The first kappa shape index (κ1) is 10.8. The van der Waals surface area contributed by atoms with E-state index in [0.29, 0.717) is 21.4 Å². The van der Waals surface area contributed by atoms with E-state index in [0.717, 1.165) is 0 Å². The summed E-state index contributed by atoms with van der Waals surface area (Å²) in [5, 5.41) is 11.5. The average molecular weight is 260 g/mol. The zero-order chi connectivity index (χ0) is 12.5. The predicted octanol–water partition coefficient (Wildman–Crippen LogP) is 0.546. The third kappa shape index (κ3) is 1.82. The van der Waals surface area contributed by atoms with Crippen LogP contribution in [0.15, 0.2) is 45.3 Å². The fraction of sp³-hybridized carbons (Fsp3) is 0. The molecule has 8 heteroatoms. The Morgan fingerprint density at radius 3 is 3.06 bits per heavy atom. The van der Waals surface area contributed by atoms with Gasteiger partial charge in [0.05, 0.1) is 5.69 Å². The van der Waals surface area contributed by atoms with E-state index >= 15 is 0 Å². The van der Waals surface area contributed by atoms with Crippen molar-refractivity contribution in [2.75, 3.05) is 5.73 Å². The van der Waals surface area contributed by atoms with Gasteiger partial charge in [-0.1, -0.05) is 0 Å². The highest BCUT2D eigenvalue weighted by Gasteiger charge is 2.07. The summed E-state index contributed by atoms with van der Waals surface area (Å²) in [6.07, 6.45) is 1.65. The molecular weight excluding hydrogens is 252 g/mol. The van der Waals surface area contributed by atoms with Crippen LogP contribution in [-0.4, -0.2) is 24.8 Å². The van der Waals surface area contributed by atoms with Gasteiger partial charge in [-0.3, -0.25) is 0 Å². The molecule has 90 valence electrons. The molecule has 3 aromatic heterocycles. The second-order valence-electron chi connectivity index (χ2n) is 3.47. The molecule has 0 spiro atoms. The summed E-state index contributed by atoms with van der Waals surface area (Å²) in [6.45, 7) is 0. The van der Waals surface area contributed by atoms with Crippen LogP contribution in [0.5, 0.6) is 0 Å². The summed E-state index contributed by atoms with van der Waals surface area (Å²) >= 11 is 1.29. The zero-order valence-electron chi connectivity index (χ0n) is 9.07. The molecule has 3 aromatic rings. The second kappa shape index (κ2) is 4.15. The van der Waals surface area contributed by atoms with E-state index < -0.39 is 0 Å². The van der Waals surface area contributed by atoms with E-state index in [-0.39, 0.29) is 5.69 Å². The van der Waals surface area contributed by atoms with Gasteiger partial charge < -0.3 is 5.73 Å². The molecule has 0 amide bonds. The Labute approximate surface area is 105 Å². The largest absolute Gasteiger partial charge is 0.397 e. The lowest BCUT2D eigenvalue weighted by Crippen LogP contribution is -2.12. The Kier molecular flexibility index (Phi) is 2.49. The third-order valence-electron chi connectivity index (χ3n) is 2.25. The van der Waals surface area contributed by atoms with Crippen LogP contribution >= 0.6 is 11.8 Å². The van der Waals surface area contributed by atoms with Crippen molar-refractivity contribution >= 4 is 23.1 Å². The number of pyridine rings is 1. The molecule has 3 N–H and O–H groups in total. The number of aromatic nitrogens is 5. The van der Waals surface area contributed by atoms with Gasteiger partial charge in [0.15, 0.2) is 5.65 Å². The zero-order valence-corrected chi connectivity index (χ0v) is 9.89. The summed E-state index contributed by atoms with van der Waals surface area (Å²) in [4.78, 5) is 15.5. The number of H-pyrrole nitrogens is 1. The number of anilines is 1. The van der Waals surface area contributed by atoms with Gasteiger partial charge in [0, 0.05) is 6.20 Å². The van der Waals surface area contributed by atoms with Crippen molar-refractivity contribution in [3.05, 3.63) is 40.9 Å². The van der Waals surface area contributed by atoms with Crippen LogP contribution in [0.1, 0.15) is 0 Å². The third-order valence-corrected chi connectivity index (χ3v) is 3.21. The number of aromatic amines is 1. The number of nitrogens with two attached hydrogens (primary N) is 1. The van der Waals surface area contributed by atoms with Crippen LogP contribution in [-0.2, 0) is 0 Å². The lowest BCUT2D eigenvalue weighted by molar-refractivity contribution is 0.819. The van der Waals surface area contributed by atoms with Gasteiger partial charge in [-0.2, -0.15) is 14.7 Å². The summed E-state index contributed by atoms with van der Waals surface area (Å²) in [7, 11) is 0. The van der Waals surface area contributed by atoms with Crippen LogP contribution in [0.4, 0.5) is 5.69 Å². The molecule has 0 bridgehead atoms. The van der Waals surface area contributed by atoms with E-state index in [1.165, 1.54) is 16.3 Å². The minimum absolute atomic E-state index is 0.374. The van der Waals surface area contributed by atoms with Crippen molar-refractivity contribution in [2.45, 2.75) is 10.1 Å². The monoisotopic (exact) mass is 260 g/mol. The molecule has 3 rings (SSSR count). The highest BCUT2D eigenvalue weighted by Crippen LogP contribution is 2.27. The second-order valence-corrected chi connectivity index (χ2v) is 4.48. The Balaban J connectivity index is 2.03. The van der Waals surface area contributed by atoms with Gasteiger partial charge in [-0.15, -0.1) is 0 Å². The SMILES string of the molecule is Nc1cccnc1Sc1ccc2n[nH]c(=O)n2n1. The van der Waals surface area contributed by atoms with Crippen molar-refractivity contribution in [1.29, 1.82) is 0 Å². The lowest BCUT2D eigenvalue weighted by Gasteiger charge is -2.02. The van der Waals surface area contributed by atoms with Crippen LogP contribution in [0.3, 0.4) is 0 Å². The molecule has 0 saturated carbocycles. The molecule has 18 heavy (non-hydrogen) atoms. The minimum atomic E-state index is -0.374. The van der Waals surface area contributed by atoms with E-state index in [2.05, 4.69) is 20.3 Å². The van der Waals surface area contributed by atoms with Crippen molar-refractivity contribution in [2.24, 2.45) is 0 Å². The molecule has 0 fully saturated rings. The van der Waals surface area contributed by atoms with Gasteiger partial charge in [0.25, 0.3) is 0 Å². The molecule has 3 heterocycles. The van der Waals surface area contributed by atoms with Gasteiger partial charge in [0.2, 0.25) is 0 Å². The Hall–Kier alpha value is -2.35. The highest BCUT2D eigenvalue weighted by atomic mass is 32.2. The van der Waals surface area contributed by atoms with Gasteiger partial charge in [-0.05, 0) is 36.0 Å². The maximum atomic E-state index is 11.4. The van der Waals surface area contributed by atoms with E-state index in [9.17, 15) is 4.79 Å². The van der Waals surface area contributed by atoms with Gasteiger partial charge >= 0.3 is 5.69 Å². The van der Waals surface area contributed by atoms with Gasteiger partial charge in [-0.25, -0.2) is 14.9 Å². The van der Waals surface area contributed by atoms with Crippen molar-refractivity contribution in [3.8, 4) is 0 Å². The maximum Gasteiger partial charge on any atom is 0.364 e. The number of fused-ring (bicyclic) bond motifs is 1. The molecular formula is C10H8N6OS. The fourth-order valence-corrected chi connectivity index (χ4v) is 2.18. The number of hydrogen-bond donors (Lipinski definition) is 2. The summed E-state index contributed by atoms with van der Waals surface area (Å²) in [6, 6.07) is 6.98. The van der Waals surface area contributed by atoms with Crippen LogP contribution < -0.4 is 11.4 Å². The summed E-state index contributed by atoms with van der Waals surface area (Å²) in [5.41, 5.74) is 6.46. The number of hydrogen-bond acceptors (Lipinski definition) is 6. The van der Waals surface area contributed by atoms with E-state index in [4.69, 9.17) is 5.73 Å². The molecule has 0 aliphatic heterocycles. The summed E-state index contributed by atoms with van der Waals surface area (Å²) in [5.74, 6) is 0. The quantitative estimate of drug-likeness (QED) is 0.697. The minimum Gasteiger partial charge on any atom is -0.397 e. The standard InChI is InChI=1S/C10H8N6OS/c11-6-2-1-5-12-9(6)18-8-4-3-7-13-14-10(17)16(7)15-8/h1-5H,11H2,(H,14,17). The molecule has 7 nitrogen and oxygen atoms in total. The predicted molar refractivity (Wildman–Crippen MR) is 66.4 cm³/mol. The highest BCUT2D eigenvalue weighted by molar-refractivity contribution is 7.99. The number of nitrogen functional groups attached to an aromatic ring is 1. The molecule has 0 unspecified atom stereocenters.